The van der Waals surface area contributed by atoms with Crippen LogP contribution < -0.4 is 5.32 Å². The Morgan fingerprint density at radius 2 is 2.08 bits per heavy atom. The second-order valence-electron chi connectivity index (χ2n) is 6.86. The molecule has 1 atom stereocenters. The fourth-order valence-electron chi connectivity index (χ4n) is 3.34. The van der Waals surface area contributed by atoms with Crippen molar-refractivity contribution in [3.8, 4) is 0 Å². The maximum atomic E-state index is 12.5. The fourth-order valence-corrected chi connectivity index (χ4v) is 3.34. The van der Waals surface area contributed by atoms with Crippen molar-refractivity contribution in [1.82, 2.24) is 25.3 Å². The van der Waals surface area contributed by atoms with Crippen molar-refractivity contribution in [3.05, 3.63) is 17.0 Å². The van der Waals surface area contributed by atoms with Gasteiger partial charge >= 0.3 is 6.03 Å². The van der Waals surface area contributed by atoms with Gasteiger partial charge in [-0.3, -0.25) is 9.89 Å². The first-order valence-electron chi connectivity index (χ1n) is 9.25. The first kappa shape index (κ1) is 19.3. The highest BCUT2D eigenvalue weighted by molar-refractivity contribution is 5.88. The number of aryl methyl sites for hydroxylation is 2. The summed E-state index contributed by atoms with van der Waals surface area (Å²) in [4.78, 5) is 28.4. The third-order valence-electron chi connectivity index (χ3n) is 4.97. The number of piperazine rings is 1. The van der Waals surface area contributed by atoms with Gasteiger partial charge in [-0.25, -0.2) is 4.79 Å². The van der Waals surface area contributed by atoms with Crippen LogP contribution in [-0.4, -0.2) is 64.7 Å². The summed E-state index contributed by atoms with van der Waals surface area (Å²) in [6.07, 6.45) is 4.45. The molecule has 1 aliphatic heterocycles. The number of amides is 3. The molecule has 2 heterocycles. The lowest BCUT2D eigenvalue weighted by Crippen LogP contribution is -2.59. The maximum absolute atomic E-state index is 12.5. The van der Waals surface area contributed by atoms with Gasteiger partial charge in [0.15, 0.2) is 0 Å². The highest BCUT2D eigenvalue weighted by atomic mass is 16.2. The van der Waals surface area contributed by atoms with Crippen LogP contribution in [0.5, 0.6) is 0 Å². The molecule has 1 saturated heterocycles. The van der Waals surface area contributed by atoms with Crippen LogP contribution in [0.1, 0.15) is 49.6 Å². The number of rotatable bonds is 7. The smallest absolute Gasteiger partial charge is 0.318 e. The van der Waals surface area contributed by atoms with Crippen LogP contribution in [0.15, 0.2) is 0 Å². The largest absolute Gasteiger partial charge is 0.342 e. The van der Waals surface area contributed by atoms with Gasteiger partial charge in [0, 0.05) is 32.4 Å². The molecule has 25 heavy (non-hydrogen) atoms. The highest BCUT2D eigenvalue weighted by Gasteiger charge is 2.35. The Hall–Kier alpha value is -2.05. The van der Waals surface area contributed by atoms with Crippen LogP contribution in [0, 0.1) is 13.8 Å². The quantitative estimate of drug-likeness (QED) is 0.739. The molecular weight excluding hydrogens is 318 g/mol. The van der Waals surface area contributed by atoms with Gasteiger partial charge in [0.25, 0.3) is 0 Å². The number of carbonyl (C=O) groups is 2. The Morgan fingerprint density at radius 3 is 2.72 bits per heavy atom. The molecule has 0 aliphatic carbocycles. The minimum atomic E-state index is -0.322. The van der Waals surface area contributed by atoms with Crippen LogP contribution in [0.2, 0.25) is 0 Å². The zero-order chi connectivity index (χ0) is 18.4. The summed E-state index contributed by atoms with van der Waals surface area (Å²) >= 11 is 0. The van der Waals surface area contributed by atoms with Crippen LogP contribution in [0.25, 0.3) is 0 Å². The van der Waals surface area contributed by atoms with Gasteiger partial charge in [0.05, 0.1) is 5.69 Å². The molecule has 0 spiro atoms. The average molecular weight is 349 g/mol. The molecule has 1 aromatic heterocycles. The number of urea groups is 1. The van der Waals surface area contributed by atoms with E-state index in [0.29, 0.717) is 19.6 Å². The third kappa shape index (κ3) is 4.74. The molecule has 0 saturated carbocycles. The molecule has 140 valence electrons. The van der Waals surface area contributed by atoms with E-state index in [1.54, 1.807) is 9.80 Å². The van der Waals surface area contributed by atoms with Crippen molar-refractivity contribution in [1.29, 1.82) is 0 Å². The van der Waals surface area contributed by atoms with Gasteiger partial charge in [-0.05, 0) is 38.7 Å². The molecule has 1 aromatic rings. The van der Waals surface area contributed by atoms with Crippen LogP contribution in [-0.2, 0) is 11.2 Å². The van der Waals surface area contributed by atoms with E-state index in [1.807, 2.05) is 20.9 Å². The SMILES string of the molecule is CCCC[C@H]1C(=O)N(C)CCN1C(=O)NCCCc1c(C)n[nH]c1C. The molecule has 3 amide bonds. The van der Waals surface area contributed by atoms with E-state index in [4.69, 9.17) is 0 Å². The molecule has 0 unspecified atom stereocenters. The highest BCUT2D eigenvalue weighted by Crippen LogP contribution is 2.16. The summed E-state index contributed by atoms with van der Waals surface area (Å²) in [6, 6.07) is -0.444. The minimum absolute atomic E-state index is 0.0551. The predicted octanol–water partition coefficient (Wildman–Crippen LogP) is 2.00. The van der Waals surface area contributed by atoms with E-state index in [-0.39, 0.29) is 18.0 Å². The lowest BCUT2D eigenvalue weighted by Gasteiger charge is -2.39. The van der Waals surface area contributed by atoms with E-state index in [9.17, 15) is 9.59 Å². The fraction of sp³-hybridized carbons (Fsp3) is 0.722. The Morgan fingerprint density at radius 1 is 1.32 bits per heavy atom. The number of hydrogen-bond acceptors (Lipinski definition) is 3. The predicted molar refractivity (Wildman–Crippen MR) is 97.4 cm³/mol. The third-order valence-corrected chi connectivity index (χ3v) is 4.97. The summed E-state index contributed by atoms with van der Waals surface area (Å²) in [5, 5.41) is 10.2. The molecule has 0 bridgehead atoms. The molecule has 0 aromatic carbocycles. The first-order valence-corrected chi connectivity index (χ1v) is 9.25. The molecule has 7 heteroatoms. The van der Waals surface area contributed by atoms with Crippen molar-refractivity contribution >= 4 is 11.9 Å². The standard InChI is InChI=1S/C18H31N5O2/c1-5-6-9-16-17(24)22(4)11-12-23(16)18(25)19-10-7-8-15-13(2)20-21-14(15)3/h16H,5-12H2,1-4H3,(H,19,25)(H,20,21)/t16-/m0/s1. The Labute approximate surface area is 150 Å². The lowest BCUT2D eigenvalue weighted by molar-refractivity contribution is -0.138. The van der Waals surface area contributed by atoms with E-state index >= 15 is 0 Å². The molecule has 2 rings (SSSR count). The summed E-state index contributed by atoms with van der Waals surface area (Å²) in [6.45, 7) is 7.91. The number of carbonyl (C=O) groups excluding carboxylic acids is 2. The van der Waals surface area contributed by atoms with Crippen molar-refractivity contribution in [2.45, 2.75) is 58.9 Å². The summed E-state index contributed by atoms with van der Waals surface area (Å²) < 4.78 is 0. The summed E-state index contributed by atoms with van der Waals surface area (Å²) in [5.41, 5.74) is 3.34. The topological polar surface area (TPSA) is 81.3 Å². The minimum Gasteiger partial charge on any atom is -0.342 e. The number of nitrogens with zero attached hydrogens (tertiary/aromatic N) is 3. The number of unbranched alkanes of at least 4 members (excludes halogenated alkanes) is 1. The zero-order valence-electron chi connectivity index (χ0n) is 15.9. The van der Waals surface area contributed by atoms with Crippen molar-refractivity contribution in [2.75, 3.05) is 26.7 Å². The van der Waals surface area contributed by atoms with Crippen LogP contribution in [0.4, 0.5) is 4.79 Å². The lowest BCUT2D eigenvalue weighted by atomic mass is 10.0. The average Bonchev–Trinajstić information content (AvgIpc) is 2.91. The summed E-state index contributed by atoms with van der Waals surface area (Å²) in [7, 11) is 1.81. The molecular formula is C18H31N5O2. The van der Waals surface area contributed by atoms with Gasteiger partial charge in [-0.2, -0.15) is 5.10 Å². The molecule has 0 radical (unpaired) electrons. The number of aromatic amines is 1. The van der Waals surface area contributed by atoms with Crippen molar-refractivity contribution < 1.29 is 9.59 Å². The Kier molecular flexibility index (Phi) is 6.84. The van der Waals surface area contributed by atoms with Crippen LogP contribution >= 0.6 is 0 Å². The number of hydrogen-bond donors (Lipinski definition) is 2. The number of likely N-dealkylation sites (N-methyl/N-ethyl adjacent to an activating group) is 1. The number of nitrogens with one attached hydrogen (secondary N) is 2. The van der Waals surface area contributed by atoms with E-state index < -0.39 is 0 Å². The normalized spacial score (nSPS) is 17.9. The maximum Gasteiger partial charge on any atom is 0.318 e. The molecule has 1 fully saturated rings. The van der Waals surface area contributed by atoms with Crippen LogP contribution in [0.3, 0.4) is 0 Å². The second-order valence-corrected chi connectivity index (χ2v) is 6.86. The first-order chi connectivity index (χ1) is 12.0. The van der Waals surface area contributed by atoms with E-state index in [2.05, 4.69) is 22.4 Å². The van der Waals surface area contributed by atoms with E-state index in [0.717, 1.165) is 43.5 Å². The van der Waals surface area contributed by atoms with Gasteiger partial charge in [0.1, 0.15) is 6.04 Å². The Bertz CT molecular complexity index is 579. The number of aromatic nitrogens is 2. The van der Waals surface area contributed by atoms with Gasteiger partial charge < -0.3 is 15.1 Å². The monoisotopic (exact) mass is 349 g/mol. The molecule has 1 aliphatic rings. The second kappa shape index (κ2) is 8.87. The van der Waals surface area contributed by atoms with E-state index in [1.165, 1.54) is 5.56 Å². The van der Waals surface area contributed by atoms with Crippen molar-refractivity contribution in [2.24, 2.45) is 0 Å². The Balaban J connectivity index is 1.84. The summed E-state index contributed by atoms with van der Waals surface area (Å²) in [5.74, 6) is 0.0551. The van der Waals surface area contributed by atoms with Gasteiger partial charge in [-0.15, -0.1) is 0 Å². The zero-order valence-corrected chi connectivity index (χ0v) is 15.9. The number of H-pyrrole nitrogens is 1. The van der Waals surface area contributed by atoms with Crippen molar-refractivity contribution in [3.63, 3.8) is 0 Å². The molecule has 2 N–H and O–H groups in total. The van der Waals surface area contributed by atoms with Gasteiger partial charge in [-0.1, -0.05) is 19.8 Å². The molecule has 7 nitrogen and oxygen atoms in total. The van der Waals surface area contributed by atoms with Gasteiger partial charge in [0.2, 0.25) is 5.91 Å².